The van der Waals surface area contributed by atoms with E-state index in [1.54, 1.807) is 0 Å². The van der Waals surface area contributed by atoms with Crippen LogP contribution in [0, 0.1) is 5.41 Å². The lowest BCUT2D eigenvalue weighted by molar-refractivity contribution is 0.173. The summed E-state index contributed by atoms with van der Waals surface area (Å²) < 4.78 is 0. The summed E-state index contributed by atoms with van der Waals surface area (Å²) in [6.07, 6.45) is 8.15. The summed E-state index contributed by atoms with van der Waals surface area (Å²) in [5.74, 6) is 0. The molecule has 0 atom stereocenters. The third kappa shape index (κ3) is 3.60. The van der Waals surface area contributed by atoms with Crippen molar-refractivity contribution in [3.8, 4) is 0 Å². The second-order valence-electron chi connectivity index (χ2n) is 7.18. The number of benzene rings is 1. The monoisotopic (exact) mass is 286 g/mol. The molecule has 1 aromatic carbocycles. The number of rotatable bonds is 8. The summed E-state index contributed by atoms with van der Waals surface area (Å²) in [6, 6.07) is 10.0. The Morgan fingerprint density at radius 3 is 2.19 bits per heavy atom. The first-order chi connectivity index (χ1) is 10.2. The third-order valence-electron chi connectivity index (χ3n) is 5.09. The number of nitrogens with zero attached hydrogens (tertiary/aromatic N) is 1. The molecule has 1 aliphatic heterocycles. The van der Waals surface area contributed by atoms with Gasteiger partial charge in [0.2, 0.25) is 0 Å². The van der Waals surface area contributed by atoms with Crippen molar-refractivity contribution in [1.82, 2.24) is 5.32 Å². The van der Waals surface area contributed by atoms with Crippen LogP contribution in [0.2, 0.25) is 0 Å². The number of nitrogens with one attached hydrogen (secondary N) is 1. The predicted octanol–water partition coefficient (Wildman–Crippen LogP) is 4.35. The summed E-state index contributed by atoms with van der Waals surface area (Å²) in [7, 11) is 0. The predicted molar refractivity (Wildman–Crippen MR) is 90.8 cm³/mol. The van der Waals surface area contributed by atoms with Gasteiger partial charge in [-0.3, -0.25) is 0 Å². The molecule has 0 unspecified atom stereocenters. The highest BCUT2D eigenvalue weighted by atomic mass is 15.2. The maximum Gasteiger partial charge on any atom is 0.0366 e. The van der Waals surface area contributed by atoms with Crippen molar-refractivity contribution >= 4 is 5.69 Å². The molecule has 2 nitrogen and oxygen atoms in total. The average molecular weight is 286 g/mol. The van der Waals surface area contributed by atoms with Crippen LogP contribution in [-0.4, -0.2) is 19.1 Å². The van der Waals surface area contributed by atoms with Gasteiger partial charge in [0.15, 0.2) is 0 Å². The minimum Gasteiger partial charge on any atom is -0.370 e. The molecular formula is C19H30N2. The largest absolute Gasteiger partial charge is 0.370 e. The van der Waals surface area contributed by atoms with Gasteiger partial charge in [-0.05, 0) is 43.4 Å². The van der Waals surface area contributed by atoms with Gasteiger partial charge >= 0.3 is 0 Å². The van der Waals surface area contributed by atoms with Crippen molar-refractivity contribution < 1.29 is 0 Å². The van der Waals surface area contributed by atoms with Crippen LogP contribution < -0.4 is 10.2 Å². The molecule has 0 spiro atoms. The van der Waals surface area contributed by atoms with Crippen molar-refractivity contribution in [3.63, 3.8) is 0 Å². The van der Waals surface area contributed by atoms with Crippen molar-refractivity contribution in [2.24, 2.45) is 5.41 Å². The molecule has 1 saturated carbocycles. The molecule has 1 N–H and O–H groups in total. The number of hydrogen-bond acceptors (Lipinski definition) is 2. The van der Waals surface area contributed by atoms with Crippen LogP contribution in [-0.2, 0) is 6.54 Å². The quantitative estimate of drug-likeness (QED) is 0.764. The van der Waals surface area contributed by atoms with E-state index in [0.29, 0.717) is 5.41 Å². The second kappa shape index (κ2) is 6.39. The summed E-state index contributed by atoms with van der Waals surface area (Å²) in [4.78, 5) is 2.56. The third-order valence-corrected chi connectivity index (χ3v) is 5.09. The average Bonchev–Trinajstić information content (AvgIpc) is 3.27. The zero-order valence-electron chi connectivity index (χ0n) is 13.7. The van der Waals surface area contributed by atoms with E-state index in [-0.39, 0.29) is 0 Å². The highest BCUT2D eigenvalue weighted by molar-refractivity contribution is 5.51. The molecule has 0 radical (unpaired) electrons. The normalized spacial score (nSPS) is 20.4. The fraction of sp³-hybridized carbons (Fsp3) is 0.684. The standard InChI is InChI=1S/C19H30N2/c1-3-11-19(12-4-2)14-21(15-19)18-9-5-16(6-10-18)13-20-17-7-8-17/h5-6,9-10,17,20H,3-4,7-8,11-15H2,1-2H3. The van der Waals surface area contributed by atoms with Gasteiger partial charge in [0.25, 0.3) is 0 Å². The van der Waals surface area contributed by atoms with Crippen LogP contribution in [0.25, 0.3) is 0 Å². The lowest BCUT2D eigenvalue weighted by atomic mass is 9.72. The Morgan fingerprint density at radius 2 is 1.67 bits per heavy atom. The van der Waals surface area contributed by atoms with Crippen LogP contribution in [0.3, 0.4) is 0 Å². The topological polar surface area (TPSA) is 15.3 Å². The van der Waals surface area contributed by atoms with E-state index in [0.717, 1.165) is 12.6 Å². The van der Waals surface area contributed by atoms with E-state index in [2.05, 4.69) is 48.3 Å². The lowest BCUT2D eigenvalue weighted by Gasteiger charge is -2.52. The highest BCUT2D eigenvalue weighted by Crippen LogP contribution is 2.41. The van der Waals surface area contributed by atoms with Crippen LogP contribution in [0.4, 0.5) is 5.69 Å². The molecular weight excluding hydrogens is 256 g/mol. The molecule has 21 heavy (non-hydrogen) atoms. The van der Waals surface area contributed by atoms with E-state index in [1.165, 1.54) is 62.9 Å². The minimum absolute atomic E-state index is 0.607. The summed E-state index contributed by atoms with van der Waals surface area (Å²) in [5.41, 5.74) is 3.43. The Labute approximate surface area is 129 Å². The smallest absolute Gasteiger partial charge is 0.0366 e. The first-order valence-corrected chi connectivity index (χ1v) is 8.82. The summed E-state index contributed by atoms with van der Waals surface area (Å²) in [6.45, 7) is 8.19. The summed E-state index contributed by atoms with van der Waals surface area (Å²) >= 11 is 0. The minimum atomic E-state index is 0.607. The Morgan fingerprint density at radius 1 is 1.05 bits per heavy atom. The van der Waals surface area contributed by atoms with Crippen LogP contribution in [0.5, 0.6) is 0 Å². The molecule has 2 heteroatoms. The van der Waals surface area contributed by atoms with Crippen LogP contribution in [0.15, 0.2) is 24.3 Å². The summed E-state index contributed by atoms with van der Waals surface area (Å²) in [5, 5.41) is 3.58. The van der Waals surface area contributed by atoms with Gasteiger partial charge in [-0.2, -0.15) is 0 Å². The van der Waals surface area contributed by atoms with Gasteiger partial charge in [-0.1, -0.05) is 38.8 Å². The maximum atomic E-state index is 3.58. The molecule has 0 amide bonds. The molecule has 1 aromatic rings. The molecule has 3 rings (SSSR count). The Kier molecular flexibility index (Phi) is 4.54. The SMILES string of the molecule is CCCC1(CCC)CN(c2ccc(CNC3CC3)cc2)C1. The van der Waals surface area contributed by atoms with E-state index in [1.807, 2.05) is 0 Å². The molecule has 1 aliphatic carbocycles. The number of anilines is 1. The fourth-order valence-electron chi connectivity index (χ4n) is 3.82. The van der Waals surface area contributed by atoms with Gasteiger partial charge in [0, 0.05) is 36.8 Å². The van der Waals surface area contributed by atoms with Crippen molar-refractivity contribution in [3.05, 3.63) is 29.8 Å². The molecule has 0 bridgehead atoms. The first-order valence-electron chi connectivity index (χ1n) is 8.82. The molecule has 1 heterocycles. The Hall–Kier alpha value is -1.02. The molecule has 116 valence electrons. The molecule has 2 aliphatic rings. The van der Waals surface area contributed by atoms with E-state index in [4.69, 9.17) is 0 Å². The second-order valence-corrected chi connectivity index (χ2v) is 7.18. The van der Waals surface area contributed by atoms with Gasteiger partial charge in [-0.15, -0.1) is 0 Å². The van der Waals surface area contributed by atoms with E-state index in [9.17, 15) is 0 Å². The number of hydrogen-bond donors (Lipinski definition) is 1. The van der Waals surface area contributed by atoms with E-state index < -0.39 is 0 Å². The highest BCUT2D eigenvalue weighted by Gasteiger charge is 2.41. The van der Waals surface area contributed by atoms with Gasteiger partial charge in [0.1, 0.15) is 0 Å². The lowest BCUT2D eigenvalue weighted by Crippen LogP contribution is -2.56. The van der Waals surface area contributed by atoms with E-state index >= 15 is 0 Å². The van der Waals surface area contributed by atoms with Gasteiger partial charge in [-0.25, -0.2) is 0 Å². The van der Waals surface area contributed by atoms with Crippen LogP contribution >= 0.6 is 0 Å². The van der Waals surface area contributed by atoms with Crippen molar-refractivity contribution in [2.75, 3.05) is 18.0 Å². The molecule has 2 fully saturated rings. The zero-order valence-corrected chi connectivity index (χ0v) is 13.7. The van der Waals surface area contributed by atoms with Crippen LogP contribution in [0.1, 0.15) is 57.9 Å². The van der Waals surface area contributed by atoms with Gasteiger partial charge < -0.3 is 10.2 Å². The van der Waals surface area contributed by atoms with Crippen molar-refractivity contribution in [1.29, 1.82) is 0 Å². The zero-order chi connectivity index (χ0) is 14.7. The molecule has 1 saturated heterocycles. The maximum absolute atomic E-state index is 3.58. The van der Waals surface area contributed by atoms with Crippen molar-refractivity contribution in [2.45, 2.75) is 65.0 Å². The Bertz CT molecular complexity index is 433. The Balaban J connectivity index is 1.53. The fourth-order valence-corrected chi connectivity index (χ4v) is 3.82. The first kappa shape index (κ1) is 14.9. The molecule has 0 aromatic heterocycles. The van der Waals surface area contributed by atoms with Gasteiger partial charge in [0.05, 0.1) is 0 Å².